The second kappa shape index (κ2) is 9.35. The molecule has 0 bridgehead atoms. The first-order valence-electron chi connectivity index (χ1n) is 8.36. The van der Waals surface area contributed by atoms with Gasteiger partial charge < -0.3 is 9.47 Å². The van der Waals surface area contributed by atoms with E-state index in [1.165, 1.54) is 7.11 Å². The zero-order chi connectivity index (χ0) is 21.0. The average molecular weight is 452 g/mol. The number of carbonyl (C=O) groups is 3. The number of rotatable bonds is 6. The van der Waals surface area contributed by atoms with Crippen molar-refractivity contribution in [1.82, 2.24) is 4.90 Å². The first-order valence-corrected chi connectivity index (χ1v) is 9.93. The molecule has 2 aromatic rings. The fraction of sp³-hybridized carbons (Fsp3) is 0.150. The molecule has 1 aliphatic rings. The van der Waals surface area contributed by atoms with Crippen LogP contribution in [0.5, 0.6) is 5.75 Å². The van der Waals surface area contributed by atoms with Gasteiger partial charge in [0, 0.05) is 0 Å². The summed E-state index contributed by atoms with van der Waals surface area (Å²) in [6.07, 6.45) is 1.59. The van der Waals surface area contributed by atoms with Crippen molar-refractivity contribution in [3.8, 4) is 5.75 Å². The summed E-state index contributed by atoms with van der Waals surface area (Å²) in [5, 5.41) is 0.438. The molecule has 1 fully saturated rings. The molecule has 6 nitrogen and oxygen atoms in total. The van der Waals surface area contributed by atoms with Gasteiger partial charge >= 0.3 is 5.97 Å². The fourth-order valence-corrected chi connectivity index (χ4v) is 3.60. The Morgan fingerprint density at radius 1 is 1.10 bits per heavy atom. The molecule has 0 aliphatic carbocycles. The number of thioether (sulfide) groups is 1. The molecule has 1 heterocycles. The quantitative estimate of drug-likeness (QED) is 0.464. The van der Waals surface area contributed by atoms with Gasteiger partial charge in [-0.1, -0.05) is 41.4 Å². The van der Waals surface area contributed by atoms with Crippen LogP contribution < -0.4 is 4.74 Å². The number of ether oxygens (including phenoxy) is 2. The van der Waals surface area contributed by atoms with E-state index in [2.05, 4.69) is 4.74 Å². The van der Waals surface area contributed by atoms with Gasteiger partial charge in [-0.2, -0.15) is 0 Å². The minimum absolute atomic E-state index is 0.239. The Morgan fingerprint density at radius 2 is 1.83 bits per heavy atom. The maximum Gasteiger partial charge on any atom is 0.325 e. The normalized spacial score (nSPS) is 15.1. The fourth-order valence-electron chi connectivity index (χ4n) is 2.44. The van der Waals surface area contributed by atoms with Crippen molar-refractivity contribution in [2.75, 3.05) is 13.7 Å². The molecule has 2 amide bonds. The Balaban J connectivity index is 1.64. The van der Waals surface area contributed by atoms with Crippen LogP contribution in [0.25, 0.3) is 6.08 Å². The Hall–Kier alpha value is -2.48. The highest BCUT2D eigenvalue weighted by Gasteiger charge is 2.36. The molecule has 0 spiro atoms. The van der Waals surface area contributed by atoms with Crippen LogP contribution in [0.2, 0.25) is 10.0 Å². The summed E-state index contributed by atoms with van der Waals surface area (Å²) in [6.45, 7) is -0.0807. The standard InChI is InChI=1S/C20H15Cl2NO5S/c1-27-18(24)10-23-19(25)17(29-20(23)26)9-12-2-5-14(6-3-12)28-11-13-4-7-15(21)16(22)8-13/h2-9H,10-11H2,1H3. The van der Waals surface area contributed by atoms with Crippen LogP contribution in [0, 0.1) is 0 Å². The van der Waals surface area contributed by atoms with Crippen molar-refractivity contribution >= 4 is 58.2 Å². The first kappa shape index (κ1) is 21.2. The molecule has 150 valence electrons. The Bertz CT molecular complexity index is 991. The van der Waals surface area contributed by atoms with E-state index >= 15 is 0 Å². The second-order valence-electron chi connectivity index (χ2n) is 5.95. The van der Waals surface area contributed by atoms with Crippen molar-refractivity contribution in [2.45, 2.75) is 6.61 Å². The van der Waals surface area contributed by atoms with Crippen molar-refractivity contribution in [3.63, 3.8) is 0 Å². The number of carbonyl (C=O) groups excluding carboxylic acids is 3. The van der Waals surface area contributed by atoms with E-state index in [1.54, 1.807) is 42.5 Å². The van der Waals surface area contributed by atoms with E-state index in [0.29, 0.717) is 22.4 Å². The third kappa shape index (κ3) is 5.32. The molecule has 1 saturated heterocycles. The Morgan fingerprint density at radius 3 is 2.48 bits per heavy atom. The van der Waals surface area contributed by atoms with E-state index in [4.69, 9.17) is 27.9 Å². The van der Waals surface area contributed by atoms with Gasteiger partial charge in [0.05, 0.1) is 22.1 Å². The number of methoxy groups -OCH3 is 1. The third-order valence-corrected chi connectivity index (χ3v) is 5.60. The number of hydrogen-bond acceptors (Lipinski definition) is 6. The summed E-state index contributed by atoms with van der Waals surface area (Å²) in [7, 11) is 1.20. The molecular formula is C20H15Cl2NO5S. The van der Waals surface area contributed by atoms with Crippen LogP contribution in [0.3, 0.4) is 0 Å². The average Bonchev–Trinajstić information content (AvgIpc) is 2.97. The van der Waals surface area contributed by atoms with Crippen molar-refractivity contribution in [2.24, 2.45) is 0 Å². The predicted octanol–water partition coefficient (Wildman–Crippen LogP) is 4.78. The van der Waals surface area contributed by atoms with Gasteiger partial charge in [0.25, 0.3) is 11.1 Å². The number of imide groups is 1. The van der Waals surface area contributed by atoms with E-state index in [1.807, 2.05) is 6.07 Å². The van der Waals surface area contributed by atoms with Crippen LogP contribution in [0.15, 0.2) is 47.4 Å². The minimum atomic E-state index is -0.656. The molecule has 0 saturated carbocycles. The van der Waals surface area contributed by atoms with Gasteiger partial charge in [0.15, 0.2) is 0 Å². The summed E-state index contributed by atoms with van der Waals surface area (Å²) >= 11 is 12.7. The molecule has 0 radical (unpaired) electrons. The maximum atomic E-state index is 12.3. The van der Waals surface area contributed by atoms with Gasteiger partial charge in [0.1, 0.15) is 18.9 Å². The Kier molecular flexibility index (Phi) is 6.84. The molecule has 0 N–H and O–H groups in total. The highest BCUT2D eigenvalue weighted by molar-refractivity contribution is 8.18. The molecule has 0 unspecified atom stereocenters. The summed E-state index contributed by atoms with van der Waals surface area (Å²) < 4.78 is 10.2. The number of esters is 1. The lowest BCUT2D eigenvalue weighted by Gasteiger charge is -2.09. The summed E-state index contributed by atoms with van der Waals surface area (Å²) in [6, 6.07) is 12.3. The number of amides is 2. The highest BCUT2D eigenvalue weighted by atomic mass is 35.5. The minimum Gasteiger partial charge on any atom is -0.489 e. The van der Waals surface area contributed by atoms with Crippen LogP contribution in [0.1, 0.15) is 11.1 Å². The smallest absolute Gasteiger partial charge is 0.325 e. The van der Waals surface area contributed by atoms with Crippen LogP contribution in [-0.2, 0) is 20.9 Å². The first-order chi connectivity index (χ1) is 13.9. The molecule has 0 aromatic heterocycles. The predicted molar refractivity (Wildman–Crippen MR) is 112 cm³/mol. The summed E-state index contributed by atoms with van der Waals surface area (Å²) in [5.41, 5.74) is 1.60. The molecule has 1 aliphatic heterocycles. The number of benzene rings is 2. The lowest BCUT2D eigenvalue weighted by molar-refractivity contribution is -0.143. The van der Waals surface area contributed by atoms with Crippen LogP contribution >= 0.6 is 35.0 Å². The number of hydrogen-bond donors (Lipinski definition) is 0. The van der Waals surface area contributed by atoms with Crippen molar-refractivity contribution < 1.29 is 23.9 Å². The van der Waals surface area contributed by atoms with Crippen LogP contribution in [0.4, 0.5) is 4.79 Å². The van der Waals surface area contributed by atoms with Gasteiger partial charge in [0.2, 0.25) is 0 Å². The number of nitrogens with zero attached hydrogens (tertiary/aromatic N) is 1. The Labute approximate surface area is 181 Å². The molecule has 0 atom stereocenters. The van der Waals surface area contributed by atoms with Gasteiger partial charge in [-0.15, -0.1) is 0 Å². The number of halogens is 2. The van der Waals surface area contributed by atoms with E-state index < -0.39 is 23.7 Å². The largest absolute Gasteiger partial charge is 0.489 e. The lowest BCUT2D eigenvalue weighted by Crippen LogP contribution is -2.34. The van der Waals surface area contributed by atoms with Crippen molar-refractivity contribution in [1.29, 1.82) is 0 Å². The van der Waals surface area contributed by atoms with Crippen LogP contribution in [-0.4, -0.2) is 35.7 Å². The van der Waals surface area contributed by atoms with E-state index in [0.717, 1.165) is 27.8 Å². The van der Waals surface area contributed by atoms with Gasteiger partial charge in [-0.25, -0.2) is 0 Å². The zero-order valence-corrected chi connectivity index (χ0v) is 17.5. The monoisotopic (exact) mass is 451 g/mol. The summed E-state index contributed by atoms with van der Waals surface area (Å²) in [4.78, 5) is 36.7. The highest BCUT2D eigenvalue weighted by Crippen LogP contribution is 2.32. The second-order valence-corrected chi connectivity index (χ2v) is 7.76. The topological polar surface area (TPSA) is 72.9 Å². The molecule has 3 rings (SSSR count). The lowest BCUT2D eigenvalue weighted by atomic mass is 10.2. The van der Waals surface area contributed by atoms with Gasteiger partial charge in [-0.05, 0) is 53.2 Å². The zero-order valence-electron chi connectivity index (χ0n) is 15.2. The molecule has 29 heavy (non-hydrogen) atoms. The summed E-state index contributed by atoms with van der Waals surface area (Å²) in [5.74, 6) is -0.547. The van der Waals surface area contributed by atoms with Gasteiger partial charge in [-0.3, -0.25) is 19.3 Å². The van der Waals surface area contributed by atoms with Crippen molar-refractivity contribution in [3.05, 3.63) is 68.5 Å². The van der Waals surface area contributed by atoms with E-state index in [-0.39, 0.29) is 4.91 Å². The maximum absolute atomic E-state index is 12.3. The third-order valence-electron chi connectivity index (χ3n) is 3.96. The molecule has 2 aromatic carbocycles. The molecular weight excluding hydrogens is 437 g/mol. The molecule has 9 heteroatoms. The van der Waals surface area contributed by atoms with E-state index in [9.17, 15) is 14.4 Å². The SMILES string of the molecule is COC(=O)CN1C(=O)SC(=Cc2ccc(OCc3ccc(Cl)c(Cl)c3)cc2)C1=O.